The lowest BCUT2D eigenvalue weighted by Gasteiger charge is -2.12. The van der Waals surface area contributed by atoms with E-state index in [4.69, 9.17) is 4.84 Å². The van der Waals surface area contributed by atoms with Crippen molar-refractivity contribution in [2.75, 3.05) is 11.9 Å². The molecule has 7 nitrogen and oxygen atoms in total. The van der Waals surface area contributed by atoms with Gasteiger partial charge in [-0.3, -0.25) is 9.59 Å². The molecule has 2 amide bonds. The molecule has 0 aliphatic carbocycles. The van der Waals surface area contributed by atoms with E-state index in [1.807, 2.05) is 6.07 Å². The monoisotopic (exact) mass is 510 g/mol. The average molecular weight is 511 g/mol. The quantitative estimate of drug-likeness (QED) is 0.207. The molecule has 1 N–H and O–H groups in total. The van der Waals surface area contributed by atoms with Gasteiger partial charge in [0.2, 0.25) is 5.69 Å². The first kappa shape index (κ1) is 25.4. The highest BCUT2D eigenvalue weighted by Crippen LogP contribution is 2.28. The SMILES string of the molecule is O=C(CCCCC[N+]1=C(C=CC=CC=C2Cc3ccccc3N2)Cc2ccccc21)ON1C(=O)CCC1=O. The highest BCUT2D eigenvalue weighted by atomic mass is 16.7. The molecule has 0 aromatic heterocycles. The fourth-order valence-corrected chi connectivity index (χ4v) is 5.03. The summed E-state index contributed by atoms with van der Waals surface area (Å²) in [4.78, 5) is 40.2. The fourth-order valence-electron chi connectivity index (χ4n) is 5.03. The highest BCUT2D eigenvalue weighted by molar-refractivity contribution is 6.01. The average Bonchev–Trinajstić information content (AvgIpc) is 3.59. The summed E-state index contributed by atoms with van der Waals surface area (Å²) in [5.74, 6) is -1.42. The molecule has 0 bridgehead atoms. The van der Waals surface area contributed by atoms with Gasteiger partial charge in [0.1, 0.15) is 6.54 Å². The lowest BCUT2D eigenvalue weighted by molar-refractivity contribution is -0.437. The van der Waals surface area contributed by atoms with E-state index in [1.165, 1.54) is 33.9 Å². The Hall–Kier alpha value is -4.26. The maximum absolute atomic E-state index is 12.0. The second-order valence-electron chi connectivity index (χ2n) is 9.70. The van der Waals surface area contributed by atoms with Crippen LogP contribution in [0.5, 0.6) is 0 Å². The molecule has 0 spiro atoms. The number of allylic oxidation sites excluding steroid dienone is 6. The smallest absolute Gasteiger partial charge is 0.333 e. The molecule has 38 heavy (non-hydrogen) atoms. The topological polar surface area (TPSA) is 78.7 Å². The molecular formula is C31H32N3O4+. The summed E-state index contributed by atoms with van der Waals surface area (Å²) < 4.78 is 2.35. The largest absolute Gasteiger partial charge is 0.358 e. The zero-order valence-corrected chi connectivity index (χ0v) is 21.4. The standard InChI is InChI=1S/C31H31N3O4/c35-29-18-19-30(36)34(29)38-31(37)17-5-2-10-20-33-26(22-24-12-7-9-16-28(24)33)14-4-1-3-13-25-21-23-11-6-8-15-27(23)32-25/h1,3-4,6-9,11-16H,2,5,10,17-22H2/p+1. The van der Waals surface area contributed by atoms with Gasteiger partial charge in [0.25, 0.3) is 11.8 Å². The summed E-state index contributed by atoms with van der Waals surface area (Å²) in [6.07, 6.45) is 15.1. The van der Waals surface area contributed by atoms with Crippen LogP contribution >= 0.6 is 0 Å². The summed E-state index contributed by atoms with van der Waals surface area (Å²) in [6.45, 7) is 0.852. The number of fused-ring (bicyclic) bond motifs is 2. The van der Waals surface area contributed by atoms with Crippen LogP contribution in [0.1, 0.15) is 49.7 Å². The van der Waals surface area contributed by atoms with Crippen LogP contribution in [0, 0.1) is 0 Å². The normalized spacial score (nSPS) is 17.7. The molecule has 0 atom stereocenters. The van der Waals surface area contributed by atoms with Crippen LogP contribution in [0.2, 0.25) is 0 Å². The number of hydrogen-bond acceptors (Lipinski definition) is 5. The van der Waals surface area contributed by atoms with Gasteiger partial charge in [-0.15, -0.1) is 5.06 Å². The number of unbranched alkanes of at least 4 members (excludes halogenated alkanes) is 2. The minimum absolute atomic E-state index is 0.107. The van der Waals surface area contributed by atoms with Gasteiger partial charge in [-0.1, -0.05) is 54.6 Å². The van der Waals surface area contributed by atoms with E-state index in [2.05, 4.69) is 82.7 Å². The molecule has 0 radical (unpaired) electrons. The van der Waals surface area contributed by atoms with E-state index in [0.29, 0.717) is 11.5 Å². The van der Waals surface area contributed by atoms with Crippen molar-refractivity contribution in [2.24, 2.45) is 0 Å². The van der Waals surface area contributed by atoms with Crippen molar-refractivity contribution in [2.45, 2.75) is 51.4 Å². The molecule has 7 heteroatoms. The van der Waals surface area contributed by atoms with Crippen molar-refractivity contribution in [3.8, 4) is 0 Å². The number of nitrogens with one attached hydrogen (secondary N) is 1. The van der Waals surface area contributed by atoms with Gasteiger partial charge in [0, 0.05) is 61.2 Å². The molecule has 2 aromatic carbocycles. The van der Waals surface area contributed by atoms with Gasteiger partial charge >= 0.3 is 5.97 Å². The number of benzene rings is 2. The van der Waals surface area contributed by atoms with Gasteiger partial charge < -0.3 is 10.2 Å². The number of rotatable bonds is 10. The second-order valence-corrected chi connectivity index (χ2v) is 9.70. The Morgan fingerprint density at radius 1 is 0.895 bits per heavy atom. The van der Waals surface area contributed by atoms with Crippen LogP contribution in [0.4, 0.5) is 11.4 Å². The summed E-state index contributed by atoms with van der Waals surface area (Å²) in [7, 11) is 0. The number of carbonyl (C=O) groups is 3. The Bertz CT molecular complexity index is 1330. The lowest BCUT2D eigenvalue weighted by Crippen LogP contribution is -2.31. The van der Waals surface area contributed by atoms with Crippen LogP contribution in [0.25, 0.3) is 0 Å². The summed E-state index contributed by atoms with van der Waals surface area (Å²) in [5.41, 5.74) is 7.50. The van der Waals surface area contributed by atoms with Crippen LogP contribution in [-0.4, -0.2) is 39.7 Å². The Morgan fingerprint density at radius 2 is 1.66 bits per heavy atom. The number of para-hydroxylation sites is 2. The van der Waals surface area contributed by atoms with Gasteiger partial charge in [-0.05, 0) is 30.5 Å². The molecule has 1 saturated heterocycles. The molecule has 3 aliphatic rings. The molecule has 2 aromatic rings. The Morgan fingerprint density at radius 3 is 2.47 bits per heavy atom. The van der Waals surface area contributed by atoms with Crippen molar-refractivity contribution in [1.29, 1.82) is 0 Å². The Labute approximate surface area is 222 Å². The van der Waals surface area contributed by atoms with Gasteiger partial charge in [-0.25, -0.2) is 4.79 Å². The molecule has 3 aliphatic heterocycles. The molecular weight excluding hydrogens is 478 g/mol. The molecule has 0 unspecified atom stereocenters. The van der Waals surface area contributed by atoms with Crippen LogP contribution in [0.15, 0.2) is 84.6 Å². The van der Waals surface area contributed by atoms with E-state index in [-0.39, 0.29) is 19.3 Å². The number of hydroxylamine groups is 2. The Balaban J connectivity index is 1.12. The molecule has 3 heterocycles. The summed E-state index contributed by atoms with van der Waals surface area (Å²) in [6, 6.07) is 16.8. The third kappa shape index (κ3) is 5.99. The van der Waals surface area contributed by atoms with E-state index >= 15 is 0 Å². The minimum atomic E-state index is -0.534. The third-order valence-corrected chi connectivity index (χ3v) is 6.96. The number of carbonyl (C=O) groups excluding carboxylic acids is 3. The molecule has 0 saturated carbocycles. The van der Waals surface area contributed by atoms with Crippen molar-refractivity contribution in [3.05, 3.63) is 95.7 Å². The predicted molar refractivity (Wildman–Crippen MR) is 146 cm³/mol. The van der Waals surface area contributed by atoms with Crippen LogP contribution < -0.4 is 5.32 Å². The second kappa shape index (κ2) is 11.9. The zero-order valence-electron chi connectivity index (χ0n) is 21.4. The van der Waals surface area contributed by atoms with Crippen LogP contribution in [-0.2, 0) is 32.1 Å². The van der Waals surface area contributed by atoms with E-state index in [9.17, 15) is 14.4 Å². The van der Waals surface area contributed by atoms with Gasteiger partial charge in [0.05, 0.1) is 6.42 Å². The van der Waals surface area contributed by atoms with E-state index in [0.717, 1.165) is 32.2 Å². The number of imide groups is 1. The number of amides is 2. The van der Waals surface area contributed by atoms with Crippen molar-refractivity contribution >= 4 is 34.9 Å². The first-order valence-electron chi connectivity index (χ1n) is 13.2. The Kier molecular flexibility index (Phi) is 7.92. The summed E-state index contributed by atoms with van der Waals surface area (Å²) >= 11 is 0. The molecule has 194 valence electrons. The first-order valence-corrected chi connectivity index (χ1v) is 13.2. The van der Waals surface area contributed by atoms with Crippen molar-refractivity contribution in [1.82, 2.24) is 5.06 Å². The lowest BCUT2D eigenvalue weighted by atomic mass is 10.1. The number of nitrogens with zero attached hydrogens (tertiary/aromatic N) is 2. The third-order valence-electron chi connectivity index (χ3n) is 6.96. The summed E-state index contributed by atoms with van der Waals surface area (Å²) in [5, 5.41) is 4.07. The maximum Gasteiger partial charge on any atom is 0.333 e. The van der Waals surface area contributed by atoms with Gasteiger partial charge in [-0.2, -0.15) is 4.58 Å². The molecule has 5 rings (SSSR count). The zero-order chi connectivity index (χ0) is 26.3. The maximum atomic E-state index is 12.0. The fraction of sp³-hybridized carbons (Fsp3) is 0.290. The van der Waals surface area contributed by atoms with Crippen molar-refractivity contribution < 1.29 is 23.8 Å². The highest BCUT2D eigenvalue weighted by Gasteiger charge is 2.32. The first-order chi connectivity index (χ1) is 18.6. The van der Waals surface area contributed by atoms with E-state index in [1.54, 1.807) is 0 Å². The van der Waals surface area contributed by atoms with Crippen molar-refractivity contribution in [3.63, 3.8) is 0 Å². The minimum Gasteiger partial charge on any atom is -0.358 e. The van der Waals surface area contributed by atoms with Gasteiger partial charge in [0.15, 0.2) is 5.71 Å². The van der Waals surface area contributed by atoms with Crippen LogP contribution in [0.3, 0.4) is 0 Å². The van der Waals surface area contributed by atoms with E-state index < -0.39 is 17.8 Å². The number of hydrogen-bond donors (Lipinski definition) is 1. The molecule has 1 fully saturated rings. The predicted octanol–water partition coefficient (Wildman–Crippen LogP) is 5.16. The number of anilines is 1.